The Hall–Kier alpha value is -2.42. The molecular formula is C16H14N2O. The van der Waals surface area contributed by atoms with Crippen LogP contribution in [0.2, 0.25) is 0 Å². The van der Waals surface area contributed by atoms with E-state index in [1.54, 1.807) is 6.07 Å². The molecule has 0 saturated heterocycles. The molecule has 3 nitrogen and oxygen atoms in total. The van der Waals surface area contributed by atoms with Gasteiger partial charge in [-0.15, -0.1) is 0 Å². The maximum atomic E-state index is 12.0. The van der Waals surface area contributed by atoms with E-state index in [1.807, 2.05) is 42.5 Å². The first kappa shape index (κ1) is 11.7. The van der Waals surface area contributed by atoms with Crippen LogP contribution < -0.4 is 5.56 Å². The summed E-state index contributed by atoms with van der Waals surface area (Å²) in [5.74, 6) is 0. The van der Waals surface area contributed by atoms with E-state index >= 15 is 0 Å². The van der Waals surface area contributed by atoms with E-state index in [4.69, 9.17) is 0 Å². The number of nitrogens with zero attached hydrogens (tertiary/aromatic N) is 2. The van der Waals surface area contributed by atoms with E-state index in [0.29, 0.717) is 6.54 Å². The summed E-state index contributed by atoms with van der Waals surface area (Å²) < 4.78 is 1.54. The van der Waals surface area contributed by atoms with Crippen molar-refractivity contribution >= 4 is 10.9 Å². The van der Waals surface area contributed by atoms with Crippen molar-refractivity contribution in [1.29, 1.82) is 0 Å². The molecule has 3 aromatic rings. The van der Waals surface area contributed by atoms with Gasteiger partial charge in [-0.05, 0) is 18.1 Å². The molecule has 0 radical (unpaired) electrons. The average molecular weight is 250 g/mol. The predicted octanol–water partition coefficient (Wildman–Crippen LogP) is 2.64. The molecule has 1 heterocycles. The van der Waals surface area contributed by atoms with E-state index < -0.39 is 0 Å². The molecule has 0 amide bonds. The lowest BCUT2D eigenvalue weighted by molar-refractivity contribution is 0.589. The summed E-state index contributed by atoms with van der Waals surface area (Å²) in [4.78, 5) is 12.0. The van der Waals surface area contributed by atoms with Gasteiger partial charge in [-0.2, -0.15) is 5.10 Å². The molecule has 0 atom stereocenters. The monoisotopic (exact) mass is 250 g/mol. The standard InChI is InChI=1S/C16H14N2O/c19-16-12-14-8-4-5-9-15(14)17-18(16)11-10-13-6-2-1-3-7-13/h1-9,12H,10-11H2. The van der Waals surface area contributed by atoms with E-state index in [-0.39, 0.29) is 5.56 Å². The Morgan fingerprint density at radius 3 is 2.53 bits per heavy atom. The second kappa shape index (κ2) is 5.06. The molecule has 0 aliphatic carbocycles. The van der Waals surface area contributed by atoms with Crippen molar-refractivity contribution in [3.8, 4) is 0 Å². The largest absolute Gasteiger partial charge is 0.268 e. The van der Waals surface area contributed by atoms with Gasteiger partial charge in [-0.1, -0.05) is 48.5 Å². The van der Waals surface area contributed by atoms with Crippen molar-refractivity contribution < 1.29 is 0 Å². The van der Waals surface area contributed by atoms with E-state index in [9.17, 15) is 4.79 Å². The Morgan fingerprint density at radius 2 is 1.68 bits per heavy atom. The van der Waals surface area contributed by atoms with Crippen molar-refractivity contribution in [2.24, 2.45) is 0 Å². The highest BCUT2D eigenvalue weighted by atomic mass is 16.1. The minimum absolute atomic E-state index is 0.0466. The van der Waals surface area contributed by atoms with Crippen LogP contribution in [-0.2, 0) is 13.0 Å². The topological polar surface area (TPSA) is 34.9 Å². The molecular weight excluding hydrogens is 236 g/mol. The average Bonchev–Trinajstić information content (AvgIpc) is 2.46. The van der Waals surface area contributed by atoms with Crippen LogP contribution in [-0.4, -0.2) is 9.78 Å². The fourth-order valence-electron chi connectivity index (χ4n) is 2.13. The van der Waals surface area contributed by atoms with Crippen molar-refractivity contribution in [3.63, 3.8) is 0 Å². The lowest BCUT2D eigenvalue weighted by Crippen LogP contribution is -2.22. The number of fused-ring (bicyclic) bond motifs is 1. The predicted molar refractivity (Wildman–Crippen MR) is 76.1 cm³/mol. The van der Waals surface area contributed by atoms with Gasteiger partial charge in [-0.25, -0.2) is 4.68 Å². The van der Waals surface area contributed by atoms with Crippen molar-refractivity contribution in [2.75, 3.05) is 0 Å². The molecule has 0 saturated carbocycles. The van der Waals surface area contributed by atoms with E-state index in [0.717, 1.165) is 17.3 Å². The first-order valence-corrected chi connectivity index (χ1v) is 6.34. The number of aryl methyl sites for hydroxylation is 2. The molecule has 0 spiro atoms. The molecule has 19 heavy (non-hydrogen) atoms. The Kier molecular flexibility index (Phi) is 3.11. The van der Waals surface area contributed by atoms with Crippen LogP contribution in [0.5, 0.6) is 0 Å². The van der Waals surface area contributed by atoms with Crippen LogP contribution in [0, 0.1) is 0 Å². The number of hydrogen-bond donors (Lipinski definition) is 0. The zero-order valence-corrected chi connectivity index (χ0v) is 10.5. The highest BCUT2D eigenvalue weighted by molar-refractivity contribution is 5.77. The Morgan fingerprint density at radius 1 is 0.947 bits per heavy atom. The second-order valence-electron chi connectivity index (χ2n) is 4.50. The molecule has 2 aromatic carbocycles. The number of rotatable bonds is 3. The maximum absolute atomic E-state index is 12.0. The summed E-state index contributed by atoms with van der Waals surface area (Å²) >= 11 is 0. The minimum Gasteiger partial charge on any atom is -0.268 e. The van der Waals surface area contributed by atoms with Gasteiger partial charge in [0.15, 0.2) is 0 Å². The SMILES string of the molecule is O=c1cc2ccccc2nn1CCc1ccccc1. The molecule has 0 aliphatic rings. The first-order valence-electron chi connectivity index (χ1n) is 6.34. The number of aromatic nitrogens is 2. The second-order valence-corrected chi connectivity index (χ2v) is 4.50. The number of hydrogen-bond acceptors (Lipinski definition) is 2. The lowest BCUT2D eigenvalue weighted by Gasteiger charge is -2.06. The van der Waals surface area contributed by atoms with Crippen LogP contribution in [0.3, 0.4) is 0 Å². The third kappa shape index (κ3) is 2.55. The van der Waals surface area contributed by atoms with Gasteiger partial charge in [0, 0.05) is 18.0 Å². The molecule has 0 aliphatic heterocycles. The maximum Gasteiger partial charge on any atom is 0.267 e. The van der Waals surface area contributed by atoms with Crippen molar-refractivity contribution in [1.82, 2.24) is 9.78 Å². The molecule has 0 bridgehead atoms. The van der Waals surface area contributed by atoms with Crippen LogP contribution in [0.15, 0.2) is 65.5 Å². The summed E-state index contributed by atoms with van der Waals surface area (Å²) in [5.41, 5.74) is 2.02. The summed E-state index contributed by atoms with van der Waals surface area (Å²) in [5, 5.41) is 5.29. The molecule has 0 N–H and O–H groups in total. The lowest BCUT2D eigenvalue weighted by atomic mass is 10.1. The van der Waals surface area contributed by atoms with E-state index in [2.05, 4.69) is 17.2 Å². The minimum atomic E-state index is -0.0466. The fourth-order valence-corrected chi connectivity index (χ4v) is 2.13. The van der Waals surface area contributed by atoms with Gasteiger partial charge in [0.25, 0.3) is 5.56 Å². The number of benzene rings is 2. The smallest absolute Gasteiger partial charge is 0.267 e. The third-order valence-electron chi connectivity index (χ3n) is 3.15. The fraction of sp³-hybridized carbons (Fsp3) is 0.125. The van der Waals surface area contributed by atoms with E-state index in [1.165, 1.54) is 10.2 Å². The molecule has 94 valence electrons. The van der Waals surface area contributed by atoms with Crippen molar-refractivity contribution in [3.05, 3.63) is 76.6 Å². The normalized spacial score (nSPS) is 10.7. The quantitative estimate of drug-likeness (QED) is 0.716. The third-order valence-corrected chi connectivity index (χ3v) is 3.15. The highest BCUT2D eigenvalue weighted by Crippen LogP contribution is 2.07. The van der Waals surface area contributed by atoms with Gasteiger partial charge >= 0.3 is 0 Å². The van der Waals surface area contributed by atoms with Gasteiger partial charge in [0.05, 0.1) is 5.52 Å². The van der Waals surface area contributed by atoms with Crippen LogP contribution >= 0.6 is 0 Å². The Balaban J connectivity index is 1.89. The molecule has 3 rings (SSSR count). The first-order chi connectivity index (χ1) is 9.33. The molecule has 0 fully saturated rings. The summed E-state index contributed by atoms with van der Waals surface area (Å²) in [7, 11) is 0. The van der Waals surface area contributed by atoms with Gasteiger partial charge in [0.2, 0.25) is 0 Å². The molecule has 0 unspecified atom stereocenters. The van der Waals surface area contributed by atoms with Crippen molar-refractivity contribution in [2.45, 2.75) is 13.0 Å². The Labute approximate surface area is 111 Å². The summed E-state index contributed by atoms with van der Waals surface area (Å²) in [6.07, 6.45) is 0.812. The summed E-state index contributed by atoms with van der Waals surface area (Å²) in [6.45, 7) is 0.605. The van der Waals surface area contributed by atoms with Crippen LogP contribution in [0.1, 0.15) is 5.56 Å². The zero-order valence-electron chi connectivity index (χ0n) is 10.5. The summed E-state index contributed by atoms with van der Waals surface area (Å²) in [6, 6.07) is 19.4. The van der Waals surface area contributed by atoms with Gasteiger partial charge in [0.1, 0.15) is 0 Å². The van der Waals surface area contributed by atoms with Crippen LogP contribution in [0.4, 0.5) is 0 Å². The van der Waals surface area contributed by atoms with Gasteiger partial charge in [-0.3, -0.25) is 4.79 Å². The zero-order chi connectivity index (χ0) is 13.1. The molecule has 1 aromatic heterocycles. The van der Waals surface area contributed by atoms with Crippen LogP contribution in [0.25, 0.3) is 10.9 Å². The highest BCUT2D eigenvalue weighted by Gasteiger charge is 2.01. The van der Waals surface area contributed by atoms with Gasteiger partial charge < -0.3 is 0 Å². The molecule has 3 heteroatoms. The Bertz CT molecular complexity index is 747.